The first-order valence-electron chi connectivity index (χ1n) is 7.07. The summed E-state index contributed by atoms with van der Waals surface area (Å²) < 4.78 is 4.48. The normalized spacial score (nSPS) is 13.8. The van der Waals surface area contributed by atoms with Gasteiger partial charge in [-0.1, -0.05) is 13.8 Å². The second-order valence-corrected chi connectivity index (χ2v) is 5.58. The Kier molecular flexibility index (Phi) is 6.49. The first-order chi connectivity index (χ1) is 9.87. The smallest absolute Gasteiger partial charge is 0.313 e. The van der Waals surface area contributed by atoms with Crippen molar-refractivity contribution in [1.82, 2.24) is 4.98 Å². The Balaban J connectivity index is 2.65. The van der Waals surface area contributed by atoms with E-state index in [1.807, 2.05) is 26.0 Å². The number of aryl methyl sites for hydroxylation is 1. The maximum absolute atomic E-state index is 11.9. The van der Waals surface area contributed by atoms with Crippen LogP contribution in [0.2, 0.25) is 0 Å². The number of methoxy groups -OCH3 is 1. The molecule has 0 fully saturated rings. The average Bonchev–Trinajstić information content (AvgIpc) is 2.45. The molecule has 116 valence electrons. The van der Waals surface area contributed by atoms with Gasteiger partial charge < -0.3 is 9.84 Å². The molecule has 0 aliphatic rings. The van der Waals surface area contributed by atoms with Gasteiger partial charge in [0.2, 0.25) is 0 Å². The Hall–Kier alpha value is -1.75. The lowest BCUT2D eigenvalue weighted by atomic mass is 9.80. The van der Waals surface area contributed by atoms with E-state index in [-0.39, 0.29) is 24.5 Å². The van der Waals surface area contributed by atoms with E-state index in [9.17, 15) is 14.7 Å². The Morgan fingerprint density at radius 2 is 1.95 bits per heavy atom. The van der Waals surface area contributed by atoms with Crippen molar-refractivity contribution < 1.29 is 19.4 Å². The molecule has 0 radical (unpaired) electrons. The molecule has 1 heterocycles. The number of nitrogens with zero attached hydrogens (tertiary/aromatic N) is 1. The van der Waals surface area contributed by atoms with Crippen LogP contribution in [0.25, 0.3) is 0 Å². The van der Waals surface area contributed by atoms with Crippen LogP contribution in [0, 0.1) is 5.92 Å². The van der Waals surface area contributed by atoms with Crippen LogP contribution in [-0.2, 0) is 20.7 Å². The maximum atomic E-state index is 11.9. The fraction of sp³-hybridized carbons (Fsp3) is 0.562. The molecule has 21 heavy (non-hydrogen) atoms. The summed E-state index contributed by atoms with van der Waals surface area (Å²) in [6.07, 6.45) is 4.19. The number of carbonyl (C=O) groups excluding carboxylic acids is 2. The summed E-state index contributed by atoms with van der Waals surface area (Å²) in [5.41, 5.74) is -0.0570. The van der Waals surface area contributed by atoms with E-state index in [0.717, 1.165) is 5.56 Å². The molecule has 0 bridgehead atoms. The van der Waals surface area contributed by atoms with Gasteiger partial charge in [-0.25, -0.2) is 0 Å². The molecule has 1 rings (SSSR count). The van der Waals surface area contributed by atoms with E-state index < -0.39 is 11.6 Å². The molecule has 0 aliphatic heterocycles. The summed E-state index contributed by atoms with van der Waals surface area (Å²) in [6, 6.07) is 3.77. The molecule has 1 atom stereocenters. The highest BCUT2D eigenvalue weighted by atomic mass is 16.5. The lowest BCUT2D eigenvalue weighted by molar-refractivity contribution is -0.144. The number of hydrogen-bond donors (Lipinski definition) is 1. The van der Waals surface area contributed by atoms with Crippen LogP contribution in [0.3, 0.4) is 0 Å². The molecule has 0 amide bonds. The minimum atomic E-state index is -1.12. The Morgan fingerprint density at radius 1 is 1.33 bits per heavy atom. The average molecular weight is 293 g/mol. The second kappa shape index (κ2) is 7.88. The van der Waals surface area contributed by atoms with E-state index in [0.29, 0.717) is 12.8 Å². The fourth-order valence-electron chi connectivity index (χ4n) is 2.13. The standard InChI is InChI=1S/C16H23NO4/c1-12(2)16(20,11-14(18)10-15(19)21-3)7-4-13-5-8-17-9-6-13/h5-6,8-9,12,20H,4,7,10-11H2,1-3H3. The van der Waals surface area contributed by atoms with E-state index in [2.05, 4.69) is 9.72 Å². The molecule has 5 nitrogen and oxygen atoms in total. The van der Waals surface area contributed by atoms with Crippen molar-refractivity contribution in [2.75, 3.05) is 7.11 Å². The van der Waals surface area contributed by atoms with Gasteiger partial charge in [0.15, 0.2) is 0 Å². The number of ketones is 1. The molecule has 0 aliphatic carbocycles. The quantitative estimate of drug-likeness (QED) is 0.585. The van der Waals surface area contributed by atoms with E-state index in [1.54, 1.807) is 12.4 Å². The number of carbonyl (C=O) groups is 2. The number of Topliss-reactive ketones (excluding diaryl/α,β-unsaturated/α-hetero) is 1. The second-order valence-electron chi connectivity index (χ2n) is 5.58. The van der Waals surface area contributed by atoms with E-state index in [1.165, 1.54) is 7.11 Å². The molecule has 0 saturated heterocycles. The largest absolute Gasteiger partial charge is 0.469 e. The molecule has 1 aromatic heterocycles. The van der Waals surface area contributed by atoms with Crippen LogP contribution in [0.5, 0.6) is 0 Å². The van der Waals surface area contributed by atoms with Gasteiger partial charge in [-0.3, -0.25) is 14.6 Å². The van der Waals surface area contributed by atoms with Gasteiger partial charge in [-0.05, 0) is 36.5 Å². The summed E-state index contributed by atoms with van der Waals surface area (Å²) in [4.78, 5) is 26.9. The Bertz CT molecular complexity index is 472. The number of ether oxygens (including phenoxy) is 1. The van der Waals surface area contributed by atoms with Crippen molar-refractivity contribution >= 4 is 11.8 Å². The van der Waals surface area contributed by atoms with Gasteiger partial charge in [-0.15, -0.1) is 0 Å². The van der Waals surface area contributed by atoms with Crippen LogP contribution in [0.15, 0.2) is 24.5 Å². The van der Waals surface area contributed by atoms with Crippen molar-refractivity contribution in [3.63, 3.8) is 0 Å². The minimum absolute atomic E-state index is 0.0369. The van der Waals surface area contributed by atoms with Crippen LogP contribution in [0.1, 0.15) is 38.7 Å². The van der Waals surface area contributed by atoms with Crippen molar-refractivity contribution in [3.8, 4) is 0 Å². The topological polar surface area (TPSA) is 76.5 Å². The van der Waals surface area contributed by atoms with E-state index in [4.69, 9.17) is 0 Å². The maximum Gasteiger partial charge on any atom is 0.313 e. The van der Waals surface area contributed by atoms with Crippen LogP contribution < -0.4 is 0 Å². The number of esters is 1. The zero-order valence-corrected chi connectivity index (χ0v) is 12.8. The molecule has 1 unspecified atom stereocenters. The highest BCUT2D eigenvalue weighted by molar-refractivity contribution is 5.95. The molecule has 0 spiro atoms. The summed E-state index contributed by atoms with van der Waals surface area (Å²) in [5.74, 6) is -0.950. The molecule has 5 heteroatoms. The first kappa shape index (κ1) is 17.3. The van der Waals surface area contributed by atoms with Crippen LogP contribution >= 0.6 is 0 Å². The van der Waals surface area contributed by atoms with Gasteiger partial charge in [-0.2, -0.15) is 0 Å². The third-order valence-corrected chi connectivity index (χ3v) is 3.74. The van der Waals surface area contributed by atoms with Gasteiger partial charge in [0.05, 0.1) is 12.7 Å². The number of aliphatic hydroxyl groups is 1. The molecule has 1 N–H and O–H groups in total. The summed E-state index contributed by atoms with van der Waals surface area (Å²) in [6.45, 7) is 3.75. The Morgan fingerprint density at radius 3 is 2.48 bits per heavy atom. The van der Waals surface area contributed by atoms with Gasteiger partial charge in [0.1, 0.15) is 12.2 Å². The fourth-order valence-corrected chi connectivity index (χ4v) is 2.13. The Labute approximate surface area is 125 Å². The van der Waals surface area contributed by atoms with Crippen molar-refractivity contribution in [2.45, 2.75) is 45.1 Å². The van der Waals surface area contributed by atoms with Gasteiger partial charge >= 0.3 is 5.97 Å². The molecular formula is C16H23NO4. The van der Waals surface area contributed by atoms with Crippen LogP contribution in [0.4, 0.5) is 0 Å². The third-order valence-electron chi connectivity index (χ3n) is 3.74. The lowest BCUT2D eigenvalue weighted by Gasteiger charge is -2.31. The number of rotatable bonds is 8. The monoisotopic (exact) mass is 293 g/mol. The number of pyridine rings is 1. The highest BCUT2D eigenvalue weighted by Gasteiger charge is 2.33. The van der Waals surface area contributed by atoms with Crippen molar-refractivity contribution in [2.24, 2.45) is 5.92 Å². The summed E-state index contributed by atoms with van der Waals surface area (Å²) in [5, 5.41) is 10.7. The number of aromatic nitrogens is 1. The predicted octanol–water partition coefficient (Wildman–Crippen LogP) is 1.92. The summed E-state index contributed by atoms with van der Waals surface area (Å²) in [7, 11) is 1.24. The molecule has 0 aromatic carbocycles. The zero-order chi connectivity index (χ0) is 15.9. The molecule has 0 saturated carbocycles. The number of hydrogen-bond acceptors (Lipinski definition) is 5. The van der Waals surface area contributed by atoms with Gasteiger partial charge in [0, 0.05) is 18.8 Å². The summed E-state index contributed by atoms with van der Waals surface area (Å²) >= 11 is 0. The predicted molar refractivity (Wildman–Crippen MR) is 78.6 cm³/mol. The van der Waals surface area contributed by atoms with E-state index >= 15 is 0 Å². The highest BCUT2D eigenvalue weighted by Crippen LogP contribution is 2.28. The van der Waals surface area contributed by atoms with Crippen LogP contribution in [-0.4, -0.2) is 34.6 Å². The minimum Gasteiger partial charge on any atom is -0.469 e. The lowest BCUT2D eigenvalue weighted by Crippen LogP contribution is -2.38. The molecular weight excluding hydrogens is 270 g/mol. The first-order valence-corrected chi connectivity index (χ1v) is 7.07. The molecule has 1 aromatic rings. The van der Waals surface area contributed by atoms with Crippen molar-refractivity contribution in [3.05, 3.63) is 30.1 Å². The SMILES string of the molecule is COC(=O)CC(=O)CC(O)(CCc1ccncc1)C(C)C. The van der Waals surface area contributed by atoms with Crippen molar-refractivity contribution in [1.29, 1.82) is 0 Å². The third kappa shape index (κ3) is 5.63. The zero-order valence-electron chi connectivity index (χ0n) is 12.8. The van der Waals surface area contributed by atoms with Gasteiger partial charge in [0.25, 0.3) is 0 Å².